The lowest BCUT2D eigenvalue weighted by molar-refractivity contribution is -0.0939. The molecule has 0 saturated heterocycles. The first-order chi connectivity index (χ1) is 9.68. The van der Waals surface area contributed by atoms with Crippen LogP contribution >= 0.6 is 0 Å². The molecule has 20 heavy (non-hydrogen) atoms. The van der Waals surface area contributed by atoms with Crippen LogP contribution in [0.15, 0.2) is 24.3 Å². The van der Waals surface area contributed by atoms with E-state index < -0.39 is 11.0 Å². The molecule has 1 aromatic carbocycles. The molecule has 0 heterocycles. The van der Waals surface area contributed by atoms with Gasteiger partial charge in [-0.05, 0) is 49.1 Å². The molecule has 0 spiro atoms. The van der Waals surface area contributed by atoms with Crippen LogP contribution in [-0.2, 0) is 16.6 Å². The Kier molecular flexibility index (Phi) is 3.32. The number of methoxy groups -OCH3 is 1. The highest BCUT2D eigenvalue weighted by molar-refractivity contribution is 5.46. The van der Waals surface area contributed by atoms with E-state index in [0.29, 0.717) is 0 Å². The van der Waals surface area contributed by atoms with Crippen molar-refractivity contribution in [2.75, 3.05) is 13.7 Å². The lowest BCUT2D eigenvalue weighted by Gasteiger charge is -2.46. The number of nitrogens with zero attached hydrogens (tertiary/aromatic N) is 1. The molecule has 2 aliphatic rings. The molecule has 3 rings (SSSR count). The molecule has 1 saturated carbocycles. The highest BCUT2D eigenvalue weighted by atomic mass is 16.5. The van der Waals surface area contributed by atoms with Gasteiger partial charge in [-0.1, -0.05) is 24.3 Å². The second-order valence-corrected chi connectivity index (χ2v) is 6.16. The maximum absolute atomic E-state index is 11.3. The van der Waals surface area contributed by atoms with Crippen LogP contribution in [0.3, 0.4) is 0 Å². The molecule has 0 amide bonds. The lowest BCUT2D eigenvalue weighted by atomic mass is 9.60. The summed E-state index contributed by atoms with van der Waals surface area (Å²) in [7, 11) is 1.60. The van der Waals surface area contributed by atoms with E-state index in [1.807, 2.05) is 18.2 Å². The minimum Gasteiger partial charge on any atom is -0.385 e. The second kappa shape index (κ2) is 4.87. The number of hydrogen-bond acceptors (Lipinski definition) is 3. The van der Waals surface area contributed by atoms with Gasteiger partial charge >= 0.3 is 0 Å². The number of fused-ring (bicyclic) bond motifs is 1. The van der Waals surface area contributed by atoms with E-state index in [1.165, 1.54) is 5.56 Å². The Morgan fingerprint density at radius 3 is 2.85 bits per heavy atom. The molecular weight excluding hydrogens is 250 g/mol. The van der Waals surface area contributed by atoms with Crippen molar-refractivity contribution in [3.63, 3.8) is 0 Å². The summed E-state index contributed by atoms with van der Waals surface area (Å²) < 4.78 is 5.30. The van der Waals surface area contributed by atoms with Crippen LogP contribution in [0.5, 0.6) is 0 Å². The standard InChI is InChI=1S/C17H21NO2/c1-20-12-17(19,14-8-9-14)16(11-18)10-4-6-13-5-2-3-7-15(13)16/h2-3,5,7,14,19H,4,6,8-10,12H2,1H3. The molecule has 0 bridgehead atoms. The summed E-state index contributed by atoms with van der Waals surface area (Å²) in [5.74, 6) is 0.188. The summed E-state index contributed by atoms with van der Waals surface area (Å²) in [6, 6.07) is 10.6. The molecule has 2 aliphatic carbocycles. The number of aryl methyl sites for hydroxylation is 1. The van der Waals surface area contributed by atoms with Crippen molar-refractivity contribution in [3.8, 4) is 6.07 Å². The van der Waals surface area contributed by atoms with E-state index in [4.69, 9.17) is 4.74 Å². The summed E-state index contributed by atoms with van der Waals surface area (Å²) in [6.07, 6.45) is 4.64. The van der Waals surface area contributed by atoms with Gasteiger partial charge in [-0.3, -0.25) is 0 Å². The Morgan fingerprint density at radius 1 is 1.45 bits per heavy atom. The quantitative estimate of drug-likeness (QED) is 0.915. The Bertz CT molecular complexity index is 546. The maximum atomic E-state index is 11.3. The van der Waals surface area contributed by atoms with Gasteiger partial charge in [0.2, 0.25) is 0 Å². The van der Waals surface area contributed by atoms with E-state index in [2.05, 4.69) is 12.1 Å². The summed E-state index contributed by atoms with van der Waals surface area (Å²) in [5.41, 5.74) is 0.335. The van der Waals surface area contributed by atoms with E-state index in [9.17, 15) is 10.4 Å². The second-order valence-electron chi connectivity index (χ2n) is 6.16. The van der Waals surface area contributed by atoms with Gasteiger partial charge in [0.15, 0.2) is 0 Å². The zero-order chi connectivity index (χ0) is 14.2. The molecule has 1 fully saturated rings. The first kappa shape index (κ1) is 13.6. The van der Waals surface area contributed by atoms with Crippen molar-refractivity contribution in [3.05, 3.63) is 35.4 Å². The Balaban J connectivity index is 2.15. The zero-order valence-electron chi connectivity index (χ0n) is 11.9. The van der Waals surface area contributed by atoms with Gasteiger partial charge in [0.25, 0.3) is 0 Å². The van der Waals surface area contributed by atoms with Crippen LogP contribution in [0.2, 0.25) is 0 Å². The third-order valence-corrected chi connectivity index (χ3v) is 5.02. The molecule has 3 heteroatoms. The fourth-order valence-corrected chi connectivity index (χ4v) is 3.87. The SMILES string of the molecule is COCC(O)(C1CC1)C1(C#N)CCCc2ccccc21. The molecule has 2 unspecified atom stereocenters. The molecule has 0 aliphatic heterocycles. The van der Waals surface area contributed by atoms with Crippen LogP contribution in [0.4, 0.5) is 0 Å². The van der Waals surface area contributed by atoms with Gasteiger partial charge in [0.1, 0.15) is 11.0 Å². The van der Waals surface area contributed by atoms with E-state index in [-0.39, 0.29) is 12.5 Å². The van der Waals surface area contributed by atoms with Crippen LogP contribution < -0.4 is 0 Å². The topological polar surface area (TPSA) is 53.2 Å². The zero-order valence-corrected chi connectivity index (χ0v) is 11.9. The first-order valence-electron chi connectivity index (χ1n) is 7.39. The molecule has 2 atom stereocenters. The lowest BCUT2D eigenvalue weighted by Crippen LogP contribution is -2.57. The number of aliphatic hydroxyl groups is 1. The van der Waals surface area contributed by atoms with E-state index in [1.54, 1.807) is 7.11 Å². The first-order valence-corrected chi connectivity index (χ1v) is 7.39. The fraction of sp³-hybridized carbons (Fsp3) is 0.588. The average molecular weight is 271 g/mol. The van der Waals surface area contributed by atoms with Gasteiger partial charge in [0.05, 0.1) is 12.7 Å². The largest absolute Gasteiger partial charge is 0.385 e. The minimum absolute atomic E-state index is 0.188. The predicted octanol–water partition coefficient (Wildman–Crippen LogP) is 2.57. The molecule has 1 aromatic rings. The van der Waals surface area contributed by atoms with Crippen LogP contribution in [0, 0.1) is 17.2 Å². The van der Waals surface area contributed by atoms with Crippen molar-refractivity contribution in [2.45, 2.75) is 43.1 Å². The highest BCUT2D eigenvalue weighted by Gasteiger charge is 2.60. The molecule has 106 valence electrons. The van der Waals surface area contributed by atoms with Crippen molar-refractivity contribution >= 4 is 0 Å². The average Bonchev–Trinajstić information content (AvgIpc) is 3.31. The van der Waals surface area contributed by atoms with E-state index in [0.717, 1.165) is 37.7 Å². The summed E-state index contributed by atoms with van der Waals surface area (Å²) in [6.45, 7) is 0.236. The summed E-state index contributed by atoms with van der Waals surface area (Å²) >= 11 is 0. The third kappa shape index (κ3) is 1.79. The molecule has 0 radical (unpaired) electrons. The molecule has 0 aromatic heterocycles. The smallest absolute Gasteiger partial charge is 0.114 e. The molecular formula is C17H21NO2. The van der Waals surface area contributed by atoms with Gasteiger partial charge in [0, 0.05) is 7.11 Å². The van der Waals surface area contributed by atoms with Gasteiger partial charge < -0.3 is 9.84 Å². The summed E-state index contributed by atoms with van der Waals surface area (Å²) in [4.78, 5) is 0. The Hall–Kier alpha value is -1.37. The van der Waals surface area contributed by atoms with Crippen molar-refractivity contribution < 1.29 is 9.84 Å². The number of nitriles is 1. The normalized spacial score (nSPS) is 28.2. The molecule has 3 nitrogen and oxygen atoms in total. The maximum Gasteiger partial charge on any atom is 0.114 e. The monoisotopic (exact) mass is 271 g/mol. The van der Waals surface area contributed by atoms with Crippen LogP contribution in [0.1, 0.15) is 36.8 Å². The van der Waals surface area contributed by atoms with Gasteiger partial charge in [-0.15, -0.1) is 0 Å². The third-order valence-electron chi connectivity index (χ3n) is 5.02. The predicted molar refractivity (Wildman–Crippen MR) is 76.2 cm³/mol. The van der Waals surface area contributed by atoms with Crippen molar-refractivity contribution in [2.24, 2.45) is 5.92 Å². The van der Waals surface area contributed by atoms with Gasteiger partial charge in [-0.25, -0.2) is 0 Å². The van der Waals surface area contributed by atoms with Crippen LogP contribution in [-0.4, -0.2) is 24.4 Å². The Labute approximate surface area is 120 Å². The van der Waals surface area contributed by atoms with Crippen molar-refractivity contribution in [1.29, 1.82) is 5.26 Å². The number of benzene rings is 1. The number of ether oxygens (including phenoxy) is 1. The number of rotatable bonds is 4. The van der Waals surface area contributed by atoms with E-state index >= 15 is 0 Å². The fourth-order valence-electron chi connectivity index (χ4n) is 3.87. The number of hydrogen-bond donors (Lipinski definition) is 1. The van der Waals surface area contributed by atoms with Crippen molar-refractivity contribution in [1.82, 2.24) is 0 Å². The summed E-state index contributed by atoms with van der Waals surface area (Å²) in [5, 5.41) is 21.3. The van der Waals surface area contributed by atoms with Crippen LogP contribution in [0.25, 0.3) is 0 Å². The molecule has 1 N–H and O–H groups in total. The minimum atomic E-state index is -1.06. The Morgan fingerprint density at radius 2 is 2.20 bits per heavy atom. The van der Waals surface area contributed by atoms with Gasteiger partial charge in [-0.2, -0.15) is 5.26 Å². The highest BCUT2D eigenvalue weighted by Crippen LogP contribution is 2.54.